The second-order valence-corrected chi connectivity index (χ2v) is 4.52. The third-order valence-corrected chi connectivity index (χ3v) is 3.02. The third-order valence-electron chi connectivity index (χ3n) is 3.02. The van der Waals surface area contributed by atoms with Gasteiger partial charge in [-0.3, -0.25) is 0 Å². The molecule has 0 saturated heterocycles. The van der Waals surface area contributed by atoms with Crippen LogP contribution in [0.3, 0.4) is 0 Å². The third kappa shape index (κ3) is 5.56. The van der Waals surface area contributed by atoms with Crippen LogP contribution in [0, 0.1) is 20.8 Å². The number of aryl methyl sites for hydroxylation is 3. The predicted molar refractivity (Wildman–Crippen MR) is 75.8 cm³/mol. The van der Waals surface area contributed by atoms with Crippen molar-refractivity contribution in [2.24, 2.45) is 0 Å². The molecule has 0 N–H and O–H groups in total. The van der Waals surface area contributed by atoms with Gasteiger partial charge in [-0.1, -0.05) is 25.5 Å². The Morgan fingerprint density at radius 2 is 1.40 bits per heavy atom. The Balaban J connectivity index is 0. The van der Waals surface area contributed by atoms with Gasteiger partial charge in [0.25, 0.3) is 0 Å². The minimum Gasteiger partial charge on any atom is -1.00 e. The summed E-state index contributed by atoms with van der Waals surface area (Å²) in [6.45, 7) is 6.49. The minimum absolute atomic E-state index is 0. The standard InChI is InChI=1S/C12H13.C5H5.2ClH.Zr/c1-8-6-11-9(2)4-5-10(3)12(11)7-8;1-2-4-5-3-1;;;/h4-7H,1-3H3;1-5H;2*1H;/q2*-1;;;+4/p-2. The molecule has 0 spiro atoms. The number of hydrogen-bond donors (Lipinski definition) is 0. The molecule has 0 radical (unpaired) electrons. The minimum atomic E-state index is 0. The summed E-state index contributed by atoms with van der Waals surface area (Å²) >= 11 is 0. The first-order valence-electron chi connectivity index (χ1n) is 5.98. The van der Waals surface area contributed by atoms with Crippen molar-refractivity contribution in [1.82, 2.24) is 0 Å². The van der Waals surface area contributed by atoms with Crippen molar-refractivity contribution in [1.29, 1.82) is 0 Å². The molecule has 0 aromatic heterocycles. The molecule has 3 aromatic carbocycles. The first-order chi connectivity index (χ1) is 8.18. The summed E-state index contributed by atoms with van der Waals surface area (Å²) in [4.78, 5) is 0. The van der Waals surface area contributed by atoms with Gasteiger partial charge in [0.05, 0.1) is 0 Å². The topological polar surface area (TPSA) is 0 Å². The van der Waals surface area contributed by atoms with Gasteiger partial charge in [-0.05, 0) is 6.92 Å². The summed E-state index contributed by atoms with van der Waals surface area (Å²) in [6.07, 6.45) is 0. The molecule has 3 heteroatoms. The van der Waals surface area contributed by atoms with E-state index in [9.17, 15) is 0 Å². The molecule has 0 heterocycles. The molecule has 0 bridgehead atoms. The van der Waals surface area contributed by atoms with Crippen molar-refractivity contribution >= 4 is 10.8 Å². The predicted octanol–water partition coefficient (Wildman–Crippen LogP) is -1.11. The summed E-state index contributed by atoms with van der Waals surface area (Å²) in [6, 6.07) is 18.9. The molecule has 0 unspecified atom stereocenters. The van der Waals surface area contributed by atoms with Gasteiger partial charge in [-0.25, -0.2) is 12.1 Å². The monoisotopic (exact) mass is 382 g/mol. The maximum absolute atomic E-state index is 2.26. The van der Waals surface area contributed by atoms with Crippen molar-refractivity contribution < 1.29 is 51.0 Å². The molecule has 0 aliphatic rings. The summed E-state index contributed by atoms with van der Waals surface area (Å²) in [7, 11) is 0. The van der Waals surface area contributed by atoms with Crippen LogP contribution in [0.15, 0.2) is 54.6 Å². The molecule has 0 atom stereocenters. The number of benzene rings is 1. The zero-order valence-electron chi connectivity index (χ0n) is 12.0. The average Bonchev–Trinajstić information content (AvgIpc) is 2.95. The SMILES string of the molecule is Cc1cc2c(C)ccc(C)c2[cH-]1.[Cl-].[Cl-].[Zr+4].c1cc[cH-]c1. The fraction of sp³-hybridized carbons (Fsp3) is 0.176. The van der Waals surface area contributed by atoms with Crippen LogP contribution in [0.25, 0.3) is 10.8 Å². The van der Waals surface area contributed by atoms with Crippen molar-refractivity contribution in [2.45, 2.75) is 20.8 Å². The van der Waals surface area contributed by atoms with Crippen molar-refractivity contribution in [3.05, 3.63) is 71.3 Å². The van der Waals surface area contributed by atoms with Gasteiger partial charge in [0.15, 0.2) is 0 Å². The van der Waals surface area contributed by atoms with E-state index in [2.05, 4.69) is 45.0 Å². The van der Waals surface area contributed by atoms with E-state index >= 15 is 0 Å². The zero-order valence-corrected chi connectivity index (χ0v) is 15.9. The molecule has 0 fully saturated rings. The van der Waals surface area contributed by atoms with Crippen LogP contribution in [0.2, 0.25) is 0 Å². The van der Waals surface area contributed by atoms with Crippen LogP contribution in [0.4, 0.5) is 0 Å². The summed E-state index contributed by atoms with van der Waals surface area (Å²) in [5.74, 6) is 0. The van der Waals surface area contributed by atoms with Gasteiger partial charge in [-0.2, -0.15) is 24.3 Å². The second-order valence-electron chi connectivity index (χ2n) is 4.52. The Kier molecular flexibility index (Phi) is 11.4. The summed E-state index contributed by atoms with van der Waals surface area (Å²) in [5.41, 5.74) is 4.12. The number of rotatable bonds is 0. The van der Waals surface area contributed by atoms with E-state index in [0.29, 0.717) is 0 Å². The van der Waals surface area contributed by atoms with Crippen LogP contribution in [-0.2, 0) is 26.2 Å². The Morgan fingerprint density at radius 1 is 0.850 bits per heavy atom. The Bertz CT molecular complexity index is 539. The van der Waals surface area contributed by atoms with Gasteiger partial charge in [0, 0.05) is 0 Å². The Labute approximate surface area is 153 Å². The largest absolute Gasteiger partial charge is 4.00 e. The van der Waals surface area contributed by atoms with E-state index in [-0.39, 0.29) is 51.0 Å². The molecule has 3 aromatic rings. The van der Waals surface area contributed by atoms with Gasteiger partial charge in [0.2, 0.25) is 0 Å². The molecule has 0 nitrogen and oxygen atoms in total. The van der Waals surface area contributed by atoms with Crippen LogP contribution < -0.4 is 24.8 Å². The molecular formula is C17H18Cl2Zr. The smallest absolute Gasteiger partial charge is 1.00 e. The van der Waals surface area contributed by atoms with Crippen LogP contribution >= 0.6 is 0 Å². The van der Waals surface area contributed by atoms with E-state index in [1.54, 1.807) is 0 Å². The maximum Gasteiger partial charge on any atom is 4.00 e. The molecule has 0 amide bonds. The van der Waals surface area contributed by atoms with Gasteiger partial charge < -0.3 is 24.8 Å². The summed E-state index contributed by atoms with van der Waals surface area (Å²) in [5, 5.41) is 2.82. The van der Waals surface area contributed by atoms with Crippen LogP contribution in [-0.4, -0.2) is 0 Å². The fourth-order valence-electron chi connectivity index (χ4n) is 2.06. The Hall–Kier alpha value is -0.357. The average molecular weight is 384 g/mol. The quantitative estimate of drug-likeness (QED) is 0.432. The number of halogens is 2. The molecular weight excluding hydrogens is 366 g/mol. The normalized spacial score (nSPS) is 8.55. The molecule has 0 aliphatic carbocycles. The molecule has 3 rings (SSSR count). The van der Waals surface area contributed by atoms with E-state index in [1.165, 1.54) is 27.5 Å². The van der Waals surface area contributed by atoms with Crippen molar-refractivity contribution in [3.63, 3.8) is 0 Å². The molecule has 0 aliphatic heterocycles. The number of hydrogen-bond acceptors (Lipinski definition) is 0. The van der Waals surface area contributed by atoms with Gasteiger partial charge >= 0.3 is 26.2 Å². The van der Waals surface area contributed by atoms with Crippen LogP contribution in [0.1, 0.15) is 16.7 Å². The molecule has 104 valence electrons. The van der Waals surface area contributed by atoms with Gasteiger partial charge in [0.1, 0.15) is 0 Å². The van der Waals surface area contributed by atoms with Gasteiger partial charge in [-0.15, -0.1) is 34.0 Å². The maximum atomic E-state index is 2.26. The molecule has 20 heavy (non-hydrogen) atoms. The first-order valence-corrected chi connectivity index (χ1v) is 5.98. The number of fused-ring (bicyclic) bond motifs is 1. The second kappa shape index (κ2) is 10.4. The molecule has 0 saturated carbocycles. The Morgan fingerprint density at radius 3 is 1.85 bits per heavy atom. The van der Waals surface area contributed by atoms with Crippen LogP contribution in [0.5, 0.6) is 0 Å². The van der Waals surface area contributed by atoms with Crippen molar-refractivity contribution in [2.75, 3.05) is 0 Å². The fourth-order valence-corrected chi connectivity index (χ4v) is 2.06. The zero-order chi connectivity index (χ0) is 12.3. The van der Waals surface area contributed by atoms with E-state index in [1.807, 2.05) is 30.3 Å². The van der Waals surface area contributed by atoms with E-state index in [0.717, 1.165) is 0 Å². The summed E-state index contributed by atoms with van der Waals surface area (Å²) < 4.78 is 0. The van der Waals surface area contributed by atoms with Crippen molar-refractivity contribution in [3.8, 4) is 0 Å². The first kappa shape index (κ1) is 21.9. The van der Waals surface area contributed by atoms with E-state index in [4.69, 9.17) is 0 Å². The van der Waals surface area contributed by atoms with E-state index < -0.39 is 0 Å².